The first-order valence-electron chi connectivity index (χ1n) is 8.96. The molecule has 1 unspecified atom stereocenters. The summed E-state index contributed by atoms with van der Waals surface area (Å²) in [4.78, 5) is 17.3. The van der Waals surface area contributed by atoms with E-state index in [1.165, 1.54) is 23.4 Å². The highest BCUT2D eigenvalue weighted by atomic mass is 35.5. The molecule has 0 fully saturated rings. The first-order valence-corrected chi connectivity index (χ1v) is 9.34. The monoisotopic (exact) mass is 385 g/mol. The summed E-state index contributed by atoms with van der Waals surface area (Å²) in [6.07, 6.45) is 2.86. The zero-order valence-electron chi connectivity index (χ0n) is 16.3. The van der Waals surface area contributed by atoms with Crippen molar-refractivity contribution in [3.63, 3.8) is 0 Å². The van der Waals surface area contributed by atoms with Crippen molar-refractivity contribution in [2.24, 2.45) is 4.99 Å². The predicted molar refractivity (Wildman–Crippen MR) is 112 cm³/mol. The molecule has 1 atom stereocenters. The third kappa shape index (κ3) is 3.69. The minimum Gasteiger partial charge on any atom is -0.369 e. The molecule has 0 spiro atoms. The molecule has 0 N–H and O–H groups in total. The van der Waals surface area contributed by atoms with Gasteiger partial charge in [0.1, 0.15) is 5.02 Å². The van der Waals surface area contributed by atoms with Gasteiger partial charge in [-0.2, -0.15) is 0 Å². The van der Waals surface area contributed by atoms with E-state index < -0.39 is 4.92 Å². The second-order valence-electron chi connectivity index (χ2n) is 7.90. The van der Waals surface area contributed by atoms with E-state index in [2.05, 4.69) is 56.8 Å². The molecule has 0 saturated carbocycles. The molecule has 0 amide bonds. The lowest BCUT2D eigenvalue weighted by atomic mass is 9.79. The lowest BCUT2D eigenvalue weighted by molar-refractivity contribution is -0.384. The maximum absolute atomic E-state index is 11.0. The second kappa shape index (κ2) is 6.97. The Labute approximate surface area is 164 Å². The Balaban J connectivity index is 1.98. The van der Waals surface area contributed by atoms with Crippen LogP contribution in [0.1, 0.15) is 49.8 Å². The number of halogens is 1. The Bertz CT molecular complexity index is 937. The summed E-state index contributed by atoms with van der Waals surface area (Å²) in [6.45, 7) is 8.85. The van der Waals surface area contributed by atoms with Crippen molar-refractivity contribution >= 4 is 34.9 Å². The highest BCUT2D eigenvalue weighted by molar-refractivity contribution is 6.32. The molecule has 2 aromatic carbocycles. The molecule has 2 aromatic rings. The van der Waals surface area contributed by atoms with Crippen molar-refractivity contribution in [3.05, 3.63) is 62.2 Å². The van der Waals surface area contributed by atoms with E-state index in [0.717, 1.165) is 17.5 Å². The van der Waals surface area contributed by atoms with Crippen molar-refractivity contribution in [1.29, 1.82) is 0 Å². The van der Waals surface area contributed by atoms with E-state index in [1.807, 2.05) is 0 Å². The average molecular weight is 386 g/mol. The summed E-state index contributed by atoms with van der Waals surface area (Å²) in [5, 5.41) is 11.2. The Morgan fingerprint density at radius 1 is 1.33 bits per heavy atom. The lowest BCUT2D eigenvalue weighted by Gasteiger charge is -2.45. The standard InChI is InChI=1S/C21H24ClN3O2/c1-13-8-19-17(14(2)11-21(3,4)24(19)5)9-15(13)12-23-16-6-7-18(22)20(10-16)25(26)27/h6-10,12,14H,11H2,1-5H3. The molecule has 142 valence electrons. The number of aryl methyl sites for hydroxylation is 1. The van der Waals surface area contributed by atoms with Gasteiger partial charge in [-0.15, -0.1) is 0 Å². The molecule has 1 aliphatic heterocycles. The number of anilines is 1. The third-order valence-electron chi connectivity index (χ3n) is 5.50. The SMILES string of the molecule is Cc1cc2c(cc1C=Nc1ccc(Cl)c([N+](=O)[O-])c1)C(C)CC(C)(C)N2C. The molecule has 27 heavy (non-hydrogen) atoms. The van der Waals surface area contributed by atoms with Gasteiger partial charge >= 0.3 is 0 Å². The third-order valence-corrected chi connectivity index (χ3v) is 5.82. The van der Waals surface area contributed by atoms with E-state index in [1.54, 1.807) is 12.3 Å². The van der Waals surface area contributed by atoms with Gasteiger partial charge in [-0.3, -0.25) is 15.1 Å². The lowest BCUT2D eigenvalue weighted by Crippen LogP contribution is -2.45. The maximum Gasteiger partial charge on any atom is 0.290 e. The van der Waals surface area contributed by atoms with Crippen LogP contribution in [0.5, 0.6) is 0 Å². The molecule has 0 aromatic heterocycles. The number of hydrogen-bond donors (Lipinski definition) is 0. The van der Waals surface area contributed by atoms with Gasteiger partial charge < -0.3 is 4.90 Å². The number of hydrogen-bond acceptors (Lipinski definition) is 4. The minimum atomic E-state index is -0.495. The summed E-state index contributed by atoms with van der Waals surface area (Å²) in [7, 11) is 2.14. The molecule has 0 radical (unpaired) electrons. The van der Waals surface area contributed by atoms with Crippen LogP contribution < -0.4 is 4.90 Å². The molecule has 0 bridgehead atoms. The van der Waals surface area contributed by atoms with Crippen molar-refractivity contribution in [1.82, 2.24) is 0 Å². The van der Waals surface area contributed by atoms with Gasteiger partial charge in [-0.1, -0.05) is 18.5 Å². The fourth-order valence-electron chi connectivity index (χ4n) is 3.74. The second-order valence-corrected chi connectivity index (χ2v) is 8.30. The summed E-state index contributed by atoms with van der Waals surface area (Å²) < 4.78 is 0. The zero-order valence-corrected chi connectivity index (χ0v) is 17.0. The van der Waals surface area contributed by atoms with E-state index in [0.29, 0.717) is 11.6 Å². The number of nitro groups is 1. The van der Waals surface area contributed by atoms with E-state index >= 15 is 0 Å². The van der Waals surface area contributed by atoms with Crippen molar-refractivity contribution in [3.8, 4) is 0 Å². The summed E-state index contributed by atoms with van der Waals surface area (Å²) >= 11 is 5.87. The minimum absolute atomic E-state index is 0.114. The number of nitrogens with zero attached hydrogens (tertiary/aromatic N) is 3. The van der Waals surface area contributed by atoms with Gasteiger partial charge in [-0.05, 0) is 74.1 Å². The van der Waals surface area contributed by atoms with Crippen LogP contribution in [0, 0.1) is 17.0 Å². The van der Waals surface area contributed by atoms with Gasteiger partial charge in [-0.25, -0.2) is 0 Å². The molecule has 0 aliphatic carbocycles. The topological polar surface area (TPSA) is 58.7 Å². The Morgan fingerprint density at radius 2 is 2.04 bits per heavy atom. The van der Waals surface area contributed by atoms with Crippen molar-refractivity contribution in [2.75, 3.05) is 11.9 Å². The van der Waals surface area contributed by atoms with E-state index in [9.17, 15) is 10.1 Å². The normalized spacial score (nSPS) is 18.6. The highest BCUT2D eigenvalue weighted by Gasteiger charge is 2.34. The summed E-state index contributed by atoms with van der Waals surface area (Å²) in [5.74, 6) is 0.454. The Kier molecular flexibility index (Phi) is 5.00. The molecular formula is C21H24ClN3O2. The van der Waals surface area contributed by atoms with Crippen LogP contribution >= 0.6 is 11.6 Å². The fourth-order valence-corrected chi connectivity index (χ4v) is 3.93. The van der Waals surface area contributed by atoms with Crippen molar-refractivity contribution < 1.29 is 4.92 Å². The van der Waals surface area contributed by atoms with Gasteiger partial charge in [0.25, 0.3) is 5.69 Å². The molecule has 5 nitrogen and oxygen atoms in total. The van der Waals surface area contributed by atoms with E-state index in [-0.39, 0.29) is 16.2 Å². The predicted octanol–water partition coefficient (Wildman–Crippen LogP) is 6.03. The quantitative estimate of drug-likeness (QED) is 0.368. The highest BCUT2D eigenvalue weighted by Crippen LogP contribution is 2.43. The number of benzene rings is 2. The van der Waals surface area contributed by atoms with Gasteiger partial charge in [0, 0.05) is 30.6 Å². The first kappa shape index (κ1) is 19.4. The fraction of sp³-hybridized carbons (Fsp3) is 0.381. The maximum atomic E-state index is 11.0. The number of nitro benzene ring substituents is 1. The molecular weight excluding hydrogens is 362 g/mol. The van der Waals surface area contributed by atoms with Gasteiger partial charge in [0.2, 0.25) is 0 Å². The number of rotatable bonds is 3. The smallest absolute Gasteiger partial charge is 0.290 e. The Morgan fingerprint density at radius 3 is 2.70 bits per heavy atom. The number of fused-ring (bicyclic) bond motifs is 1. The molecule has 6 heteroatoms. The van der Waals surface area contributed by atoms with Crippen LogP contribution in [0.15, 0.2) is 35.3 Å². The van der Waals surface area contributed by atoms with Crippen LogP contribution in [0.4, 0.5) is 17.1 Å². The van der Waals surface area contributed by atoms with Gasteiger partial charge in [0.15, 0.2) is 0 Å². The van der Waals surface area contributed by atoms with Crippen LogP contribution in [0.3, 0.4) is 0 Å². The van der Waals surface area contributed by atoms with Crippen LogP contribution in [0.2, 0.25) is 5.02 Å². The van der Waals surface area contributed by atoms with E-state index in [4.69, 9.17) is 11.6 Å². The Hall–Kier alpha value is -2.40. The van der Waals surface area contributed by atoms with Gasteiger partial charge in [0.05, 0.1) is 10.6 Å². The summed E-state index contributed by atoms with van der Waals surface area (Å²) in [6, 6.07) is 8.97. The largest absolute Gasteiger partial charge is 0.369 e. The van der Waals surface area contributed by atoms with Crippen LogP contribution in [0.25, 0.3) is 0 Å². The molecule has 1 heterocycles. The van der Waals surface area contributed by atoms with Crippen LogP contribution in [-0.2, 0) is 0 Å². The first-order chi connectivity index (χ1) is 12.6. The van der Waals surface area contributed by atoms with Crippen molar-refractivity contribution in [2.45, 2.75) is 45.6 Å². The molecule has 1 aliphatic rings. The van der Waals surface area contributed by atoms with Crippen LogP contribution in [-0.4, -0.2) is 23.7 Å². The molecule has 0 saturated heterocycles. The average Bonchev–Trinajstić information content (AvgIpc) is 2.59. The number of aliphatic imine (C=N–C) groups is 1. The summed E-state index contributed by atoms with van der Waals surface area (Å²) in [5.41, 5.74) is 5.21. The molecule has 3 rings (SSSR count). The zero-order chi connectivity index (χ0) is 19.9.